The molecule has 4 rings (SSSR count). The highest BCUT2D eigenvalue weighted by atomic mass is 32.2. The van der Waals surface area contributed by atoms with Crippen LogP contribution in [0.5, 0.6) is 0 Å². The van der Waals surface area contributed by atoms with E-state index in [1.807, 2.05) is 0 Å². The second-order valence-electron chi connectivity index (χ2n) is 9.73. The molecule has 0 aliphatic heterocycles. The fourth-order valence-electron chi connectivity index (χ4n) is 5.89. The molecular formula is C20H24F7O9S-. The predicted molar refractivity (Wildman–Crippen MR) is 104 cm³/mol. The first-order valence-corrected chi connectivity index (χ1v) is 11.9. The summed E-state index contributed by atoms with van der Waals surface area (Å²) in [5.74, 6) is -13.9. The number of aliphatic hydroxyl groups is 1. The van der Waals surface area contributed by atoms with Gasteiger partial charge in [0.1, 0.15) is 12.0 Å². The van der Waals surface area contributed by atoms with Gasteiger partial charge in [-0.15, -0.1) is 0 Å². The van der Waals surface area contributed by atoms with Gasteiger partial charge in [0.05, 0.1) is 24.2 Å². The summed E-state index contributed by atoms with van der Waals surface area (Å²) in [6, 6.07) is 0. The molecule has 0 aromatic heterocycles. The van der Waals surface area contributed by atoms with Crippen LogP contribution in [0.2, 0.25) is 0 Å². The number of rotatable bonds is 12. The van der Waals surface area contributed by atoms with E-state index in [4.69, 9.17) is 0 Å². The van der Waals surface area contributed by atoms with Crippen molar-refractivity contribution in [3.63, 3.8) is 0 Å². The van der Waals surface area contributed by atoms with Crippen LogP contribution in [0, 0.1) is 17.3 Å². The van der Waals surface area contributed by atoms with Gasteiger partial charge in [-0.2, -0.15) is 35.1 Å². The smallest absolute Gasteiger partial charge is 0.468 e. The lowest BCUT2D eigenvalue weighted by atomic mass is 9.48. The average molecular weight is 573 g/mol. The minimum atomic E-state index is -5.87. The maximum atomic E-state index is 14.2. The van der Waals surface area contributed by atoms with E-state index < -0.39 is 77.8 Å². The van der Waals surface area contributed by atoms with Crippen molar-refractivity contribution in [2.75, 3.05) is 13.2 Å². The molecule has 4 fully saturated rings. The Balaban J connectivity index is 1.85. The normalized spacial score (nSPS) is 31.2. The molecule has 0 heterocycles. The summed E-state index contributed by atoms with van der Waals surface area (Å²) < 4.78 is 114. The first kappa shape index (κ1) is 30.1. The number of hydrogen-bond acceptors (Lipinski definition) is 10. The number of ether oxygens (including phenoxy) is 3. The van der Waals surface area contributed by atoms with Gasteiger partial charge in [0.2, 0.25) is 0 Å². The molecule has 3 unspecified atom stereocenters. The van der Waals surface area contributed by atoms with Gasteiger partial charge in [-0.05, 0) is 57.3 Å². The van der Waals surface area contributed by atoms with E-state index in [1.54, 1.807) is 0 Å². The van der Waals surface area contributed by atoms with Crippen molar-refractivity contribution in [1.82, 2.24) is 0 Å². The number of esters is 2. The Hall–Kier alpha value is -1.40. The van der Waals surface area contributed by atoms with E-state index in [-0.39, 0.29) is 31.1 Å². The Morgan fingerprint density at radius 2 is 1.65 bits per heavy atom. The van der Waals surface area contributed by atoms with Gasteiger partial charge in [-0.3, -0.25) is 9.83 Å². The Morgan fingerprint density at radius 1 is 1.05 bits per heavy atom. The fraction of sp³-hybridized carbons (Fsp3) is 0.900. The topological polar surface area (TPSA) is 124 Å². The Labute approximate surface area is 209 Å². The molecule has 17 heteroatoms. The molecule has 0 aromatic rings. The minimum absolute atomic E-state index is 0.0741. The molecule has 214 valence electrons. The van der Waals surface area contributed by atoms with Crippen LogP contribution >= 0.6 is 12.0 Å². The number of halogens is 7. The first-order chi connectivity index (χ1) is 16.9. The molecule has 0 aromatic carbocycles. The average Bonchev–Trinajstić information content (AvgIpc) is 2.74. The van der Waals surface area contributed by atoms with E-state index in [1.165, 1.54) is 0 Å². The van der Waals surface area contributed by atoms with Crippen LogP contribution in [-0.4, -0.2) is 59.0 Å². The highest BCUT2D eigenvalue weighted by Crippen LogP contribution is 2.62. The number of carbonyl (C=O) groups is 2. The lowest BCUT2D eigenvalue weighted by Gasteiger charge is -2.59. The number of alkyl halides is 7. The van der Waals surface area contributed by atoms with E-state index in [9.17, 15) is 50.7 Å². The molecule has 3 atom stereocenters. The van der Waals surface area contributed by atoms with E-state index in [0.717, 1.165) is 6.92 Å². The van der Waals surface area contributed by atoms with Gasteiger partial charge in [0, 0.05) is 6.42 Å². The third-order valence-corrected chi connectivity index (χ3v) is 7.56. The second kappa shape index (κ2) is 10.3. The van der Waals surface area contributed by atoms with Crippen LogP contribution in [-0.2, 0) is 33.2 Å². The molecule has 9 nitrogen and oxygen atoms in total. The zero-order valence-electron chi connectivity index (χ0n) is 19.3. The van der Waals surface area contributed by atoms with Crippen LogP contribution in [0.25, 0.3) is 0 Å². The fourth-order valence-corrected chi connectivity index (χ4v) is 6.23. The third-order valence-electron chi connectivity index (χ3n) is 6.93. The molecule has 0 radical (unpaired) electrons. The van der Waals surface area contributed by atoms with Crippen LogP contribution in [0.15, 0.2) is 0 Å². The Bertz CT molecular complexity index is 858. The Morgan fingerprint density at radius 3 is 2.14 bits per heavy atom. The monoisotopic (exact) mass is 573 g/mol. The van der Waals surface area contributed by atoms with Crippen molar-refractivity contribution < 1.29 is 74.3 Å². The lowest BCUT2D eigenvalue weighted by Crippen LogP contribution is -2.63. The SMILES string of the molecule is CCOC(=O)C(OCCC(F)(F)C(F)(F)SOO[O-])(OC(=O)C12CC3CC(CC(O)(C3)C1)C2)C(F)(F)F. The summed E-state index contributed by atoms with van der Waals surface area (Å²) >= 11 is -1.39. The van der Waals surface area contributed by atoms with Crippen molar-refractivity contribution in [1.29, 1.82) is 0 Å². The van der Waals surface area contributed by atoms with Crippen LogP contribution in [0.3, 0.4) is 0 Å². The molecule has 4 aliphatic carbocycles. The van der Waals surface area contributed by atoms with Crippen LogP contribution in [0.4, 0.5) is 30.7 Å². The molecule has 4 aliphatic rings. The van der Waals surface area contributed by atoms with E-state index in [0.29, 0.717) is 19.3 Å². The molecule has 0 amide bonds. The summed E-state index contributed by atoms with van der Waals surface area (Å²) in [7, 11) is 0. The van der Waals surface area contributed by atoms with Gasteiger partial charge in [0.25, 0.3) is 0 Å². The van der Waals surface area contributed by atoms with Crippen molar-refractivity contribution in [3.05, 3.63) is 0 Å². The van der Waals surface area contributed by atoms with Gasteiger partial charge in [0.15, 0.2) is 0 Å². The largest absolute Gasteiger partial charge is 0.691 e. The summed E-state index contributed by atoms with van der Waals surface area (Å²) in [5, 5.41) is 17.9. The summed E-state index contributed by atoms with van der Waals surface area (Å²) in [6.45, 7) is -1.42. The summed E-state index contributed by atoms with van der Waals surface area (Å²) in [6.07, 6.45) is -6.74. The van der Waals surface area contributed by atoms with E-state index >= 15 is 0 Å². The molecule has 0 saturated heterocycles. The number of hydrogen-bond donors (Lipinski definition) is 1. The van der Waals surface area contributed by atoms with Gasteiger partial charge in [-0.1, -0.05) is 0 Å². The van der Waals surface area contributed by atoms with Gasteiger partial charge in [-0.25, -0.2) is 4.79 Å². The van der Waals surface area contributed by atoms with Crippen molar-refractivity contribution >= 4 is 24.0 Å². The summed E-state index contributed by atoms with van der Waals surface area (Å²) in [4.78, 5) is 25.6. The van der Waals surface area contributed by atoms with Crippen LogP contribution < -0.4 is 5.26 Å². The zero-order valence-corrected chi connectivity index (χ0v) is 20.1. The minimum Gasteiger partial charge on any atom is -0.691 e. The van der Waals surface area contributed by atoms with Gasteiger partial charge < -0.3 is 24.6 Å². The second-order valence-corrected chi connectivity index (χ2v) is 10.5. The highest BCUT2D eigenvalue weighted by Gasteiger charge is 2.71. The number of carbonyl (C=O) groups excluding carboxylic acids is 2. The molecule has 37 heavy (non-hydrogen) atoms. The standard InChI is InChI=1S/C20H25F7O9S/c1-2-32-14(29)18(19(23,24)25,33-4-3-17(21,22)20(26,27)37-36-35-31)34-13(28)15-6-11-5-12(7-15)9-16(30,8-11)10-15/h11-12,30-31H,2-10H2,1H3/p-1. The highest BCUT2D eigenvalue weighted by molar-refractivity contribution is 7.95. The first-order valence-electron chi connectivity index (χ1n) is 11.2. The van der Waals surface area contributed by atoms with Crippen molar-refractivity contribution in [2.45, 2.75) is 80.6 Å². The maximum Gasteiger partial charge on any atom is 0.468 e. The molecule has 1 N–H and O–H groups in total. The quantitative estimate of drug-likeness (QED) is 0.0930. The zero-order chi connectivity index (χ0) is 27.9. The maximum absolute atomic E-state index is 14.2. The molecular weight excluding hydrogens is 549 g/mol. The van der Waals surface area contributed by atoms with Crippen molar-refractivity contribution in [3.8, 4) is 0 Å². The Kier molecular flexibility index (Phi) is 8.39. The van der Waals surface area contributed by atoms with Crippen LogP contribution in [0.1, 0.15) is 51.9 Å². The predicted octanol–water partition coefficient (Wildman–Crippen LogP) is 3.19. The molecule has 4 saturated carbocycles. The molecule has 0 spiro atoms. The van der Waals surface area contributed by atoms with Gasteiger partial charge >= 0.3 is 35.1 Å². The van der Waals surface area contributed by atoms with Crippen molar-refractivity contribution in [2.24, 2.45) is 17.3 Å². The molecule has 4 bridgehead atoms. The summed E-state index contributed by atoms with van der Waals surface area (Å²) in [5.41, 5.74) is -2.90. The van der Waals surface area contributed by atoms with E-state index in [2.05, 4.69) is 23.6 Å². The lowest BCUT2D eigenvalue weighted by molar-refractivity contribution is -0.777. The third kappa shape index (κ3) is 5.80.